The third-order valence-corrected chi connectivity index (χ3v) is 5.37. The zero-order valence-electron chi connectivity index (χ0n) is 14.6. The number of halogens is 1. The van der Waals surface area contributed by atoms with Crippen LogP contribution in [-0.2, 0) is 9.59 Å². The maximum Gasteiger partial charge on any atom is 0.239 e. The van der Waals surface area contributed by atoms with Gasteiger partial charge in [0.1, 0.15) is 11.9 Å². The van der Waals surface area contributed by atoms with Crippen molar-refractivity contribution in [2.45, 2.75) is 44.7 Å². The van der Waals surface area contributed by atoms with Crippen LogP contribution >= 0.6 is 0 Å². The second kappa shape index (κ2) is 7.52. The Morgan fingerprint density at radius 1 is 1.28 bits per heavy atom. The van der Waals surface area contributed by atoms with E-state index >= 15 is 0 Å². The number of nitrogens with one attached hydrogen (secondary N) is 1. The molecular formula is C19H26FN3O2. The first-order valence-electron chi connectivity index (χ1n) is 9.09. The molecular weight excluding hydrogens is 321 g/mol. The molecule has 0 aromatic heterocycles. The summed E-state index contributed by atoms with van der Waals surface area (Å²) >= 11 is 0. The van der Waals surface area contributed by atoms with E-state index < -0.39 is 11.9 Å². The fourth-order valence-corrected chi connectivity index (χ4v) is 3.67. The largest absolute Gasteiger partial charge is 0.368 e. The van der Waals surface area contributed by atoms with E-state index in [4.69, 9.17) is 5.73 Å². The Morgan fingerprint density at radius 3 is 2.52 bits per heavy atom. The van der Waals surface area contributed by atoms with Crippen LogP contribution in [0.25, 0.3) is 0 Å². The van der Waals surface area contributed by atoms with Gasteiger partial charge >= 0.3 is 0 Å². The Bertz CT molecular complexity index is 630. The van der Waals surface area contributed by atoms with E-state index in [0.29, 0.717) is 12.1 Å². The molecule has 1 aromatic carbocycles. The van der Waals surface area contributed by atoms with Gasteiger partial charge in [-0.05, 0) is 42.9 Å². The monoisotopic (exact) mass is 347 g/mol. The summed E-state index contributed by atoms with van der Waals surface area (Å²) in [4.78, 5) is 26.2. The molecule has 3 N–H and O–H groups in total. The predicted molar refractivity (Wildman–Crippen MR) is 93.0 cm³/mol. The number of nitrogens with zero attached hydrogens (tertiary/aromatic N) is 1. The smallest absolute Gasteiger partial charge is 0.239 e. The SMILES string of the molecule is CC[C@@H]1CN(C(=O)C2CC2)CC[C@@H]1N[C@@H](C(N)=O)c1ccc(F)cc1. The van der Waals surface area contributed by atoms with E-state index in [9.17, 15) is 14.0 Å². The summed E-state index contributed by atoms with van der Waals surface area (Å²) in [5.41, 5.74) is 6.24. The van der Waals surface area contributed by atoms with Gasteiger partial charge in [0.05, 0.1) is 0 Å². The summed E-state index contributed by atoms with van der Waals surface area (Å²) in [5, 5.41) is 3.36. The lowest BCUT2D eigenvalue weighted by atomic mass is 9.88. The van der Waals surface area contributed by atoms with Crippen molar-refractivity contribution in [3.63, 3.8) is 0 Å². The number of carbonyl (C=O) groups is 2. The molecule has 1 aliphatic heterocycles. The molecule has 5 nitrogen and oxygen atoms in total. The van der Waals surface area contributed by atoms with Crippen molar-refractivity contribution in [1.82, 2.24) is 10.2 Å². The first-order chi connectivity index (χ1) is 12.0. The molecule has 0 unspecified atom stereocenters. The van der Waals surface area contributed by atoms with Crippen LogP contribution in [-0.4, -0.2) is 35.8 Å². The number of hydrogen-bond acceptors (Lipinski definition) is 3. The van der Waals surface area contributed by atoms with E-state index in [2.05, 4.69) is 12.2 Å². The highest BCUT2D eigenvalue weighted by Crippen LogP contribution is 2.33. The molecule has 3 rings (SSSR count). The summed E-state index contributed by atoms with van der Waals surface area (Å²) < 4.78 is 13.1. The molecule has 0 bridgehead atoms. The highest BCUT2D eigenvalue weighted by Gasteiger charge is 2.38. The van der Waals surface area contributed by atoms with Crippen molar-refractivity contribution in [2.75, 3.05) is 13.1 Å². The Balaban J connectivity index is 1.68. The molecule has 1 heterocycles. The van der Waals surface area contributed by atoms with Gasteiger partial charge in [0.15, 0.2) is 0 Å². The molecule has 1 aromatic rings. The Labute approximate surface area is 147 Å². The van der Waals surface area contributed by atoms with Gasteiger partial charge in [-0.15, -0.1) is 0 Å². The standard InChI is InChI=1S/C19H26FN3O2/c1-2-12-11-23(19(25)14-3-4-14)10-9-16(12)22-17(18(21)24)13-5-7-15(20)8-6-13/h5-8,12,14,16-17,22H,2-4,9-11H2,1H3,(H2,21,24)/t12-,16+,17-/m1/s1. The minimum Gasteiger partial charge on any atom is -0.368 e. The predicted octanol–water partition coefficient (Wildman–Crippen LogP) is 1.98. The summed E-state index contributed by atoms with van der Waals surface area (Å²) in [5.74, 6) is -0.0246. The number of carbonyl (C=O) groups excluding carboxylic acids is 2. The lowest BCUT2D eigenvalue weighted by molar-refractivity contribution is -0.135. The second-order valence-corrected chi connectivity index (χ2v) is 7.18. The number of piperidine rings is 1. The van der Waals surface area contributed by atoms with E-state index in [1.807, 2.05) is 4.90 Å². The average Bonchev–Trinajstić information content (AvgIpc) is 3.45. The van der Waals surface area contributed by atoms with Crippen molar-refractivity contribution in [1.29, 1.82) is 0 Å². The van der Waals surface area contributed by atoms with Crippen LogP contribution < -0.4 is 11.1 Å². The first-order valence-corrected chi connectivity index (χ1v) is 9.09. The van der Waals surface area contributed by atoms with Gasteiger partial charge in [0, 0.05) is 25.0 Å². The topological polar surface area (TPSA) is 75.4 Å². The quantitative estimate of drug-likeness (QED) is 0.826. The van der Waals surface area contributed by atoms with Crippen LogP contribution in [0.4, 0.5) is 4.39 Å². The van der Waals surface area contributed by atoms with Crippen molar-refractivity contribution >= 4 is 11.8 Å². The van der Waals surface area contributed by atoms with Crippen molar-refractivity contribution in [3.05, 3.63) is 35.6 Å². The van der Waals surface area contributed by atoms with E-state index in [1.54, 1.807) is 12.1 Å². The molecule has 3 atom stereocenters. The van der Waals surface area contributed by atoms with Gasteiger partial charge in [0.2, 0.25) is 11.8 Å². The maximum absolute atomic E-state index is 13.1. The molecule has 1 aliphatic carbocycles. The van der Waals surface area contributed by atoms with E-state index in [0.717, 1.165) is 32.2 Å². The highest BCUT2D eigenvalue weighted by atomic mass is 19.1. The zero-order valence-corrected chi connectivity index (χ0v) is 14.6. The van der Waals surface area contributed by atoms with Gasteiger partial charge in [-0.2, -0.15) is 0 Å². The first kappa shape index (κ1) is 17.9. The van der Waals surface area contributed by atoms with Gasteiger partial charge in [-0.1, -0.05) is 25.5 Å². The molecule has 1 saturated heterocycles. The van der Waals surface area contributed by atoms with Crippen LogP contribution in [0, 0.1) is 17.7 Å². The number of likely N-dealkylation sites (tertiary alicyclic amines) is 1. The Kier molecular flexibility index (Phi) is 5.37. The Hall–Kier alpha value is -1.95. The summed E-state index contributed by atoms with van der Waals surface area (Å²) in [6.07, 6.45) is 3.74. The maximum atomic E-state index is 13.1. The molecule has 2 aliphatic rings. The number of rotatable bonds is 6. The molecule has 6 heteroatoms. The highest BCUT2D eigenvalue weighted by molar-refractivity contribution is 5.82. The van der Waals surface area contributed by atoms with Gasteiger partial charge in [-0.3, -0.25) is 14.9 Å². The van der Waals surface area contributed by atoms with Crippen molar-refractivity contribution < 1.29 is 14.0 Å². The van der Waals surface area contributed by atoms with Crippen LogP contribution in [0.3, 0.4) is 0 Å². The van der Waals surface area contributed by atoms with Crippen molar-refractivity contribution in [3.8, 4) is 0 Å². The summed E-state index contributed by atoms with van der Waals surface area (Å²) in [6, 6.07) is 5.30. The molecule has 0 radical (unpaired) electrons. The number of hydrogen-bond donors (Lipinski definition) is 2. The number of nitrogens with two attached hydrogens (primary N) is 1. The number of benzene rings is 1. The number of primary amides is 1. The molecule has 0 spiro atoms. The fourth-order valence-electron chi connectivity index (χ4n) is 3.67. The summed E-state index contributed by atoms with van der Waals surface area (Å²) in [6.45, 7) is 3.53. The molecule has 2 amide bonds. The third kappa shape index (κ3) is 4.18. The third-order valence-electron chi connectivity index (χ3n) is 5.37. The molecule has 1 saturated carbocycles. The minimum atomic E-state index is -0.648. The fraction of sp³-hybridized carbons (Fsp3) is 0.579. The van der Waals surface area contributed by atoms with Crippen LogP contribution in [0.5, 0.6) is 0 Å². The molecule has 2 fully saturated rings. The average molecular weight is 347 g/mol. The second-order valence-electron chi connectivity index (χ2n) is 7.18. The van der Waals surface area contributed by atoms with E-state index in [-0.39, 0.29) is 29.6 Å². The Morgan fingerprint density at radius 2 is 1.96 bits per heavy atom. The zero-order chi connectivity index (χ0) is 18.0. The van der Waals surface area contributed by atoms with Crippen LogP contribution in [0.15, 0.2) is 24.3 Å². The lowest BCUT2D eigenvalue weighted by Gasteiger charge is -2.40. The summed E-state index contributed by atoms with van der Waals surface area (Å²) in [7, 11) is 0. The van der Waals surface area contributed by atoms with Gasteiger partial charge < -0.3 is 10.6 Å². The number of amides is 2. The van der Waals surface area contributed by atoms with Crippen LogP contribution in [0.1, 0.15) is 44.2 Å². The van der Waals surface area contributed by atoms with E-state index in [1.165, 1.54) is 12.1 Å². The van der Waals surface area contributed by atoms with Gasteiger partial charge in [0.25, 0.3) is 0 Å². The lowest BCUT2D eigenvalue weighted by Crippen LogP contribution is -2.53. The van der Waals surface area contributed by atoms with Gasteiger partial charge in [-0.25, -0.2) is 4.39 Å². The van der Waals surface area contributed by atoms with Crippen molar-refractivity contribution in [2.24, 2.45) is 17.6 Å². The van der Waals surface area contributed by atoms with Crippen LogP contribution in [0.2, 0.25) is 0 Å². The minimum absolute atomic E-state index is 0.107. The normalized spacial score (nSPS) is 24.8. The molecule has 25 heavy (non-hydrogen) atoms. The molecule has 136 valence electrons.